The van der Waals surface area contributed by atoms with Crippen LogP contribution in [0.15, 0.2) is 12.7 Å². The summed E-state index contributed by atoms with van der Waals surface area (Å²) < 4.78 is 0. The first-order chi connectivity index (χ1) is 11.7. The Morgan fingerprint density at radius 1 is 1.00 bits per heavy atom. The summed E-state index contributed by atoms with van der Waals surface area (Å²) in [6, 6.07) is 2.70. The van der Waals surface area contributed by atoms with Gasteiger partial charge in [-0.3, -0.25) is 0 Å². The van der Waals surface area contributed by atoms with Crippen molar-refractivity contribution in [3.8, 4) is 6.07 Å². The molecule has 0 spiro atoms. The van der Waals surface area contributed by atoms with Crippen molar-refractivity contribution in [3.05, 3.63) is 12.7 Å². The monoisotopic (exact) mass is 329 g/mol. The molecule has 0 heterocycles. The zero-order valence-corrected chi connectivity index (χ0v) is 16.1. The van der Waals surface area contributed by atoms with Gasteiger partial charge in [-0.15, -0.1) is 6.58 Å². The van der Waals surface area contributed by atoms with Gasteiger partial charge in [-0.25, -0.2) is 0 Å². The van der Waals surface area contributed by atoms with Crippen molar-refractivity contribution in [3.63, 3.8) is 0 Å². The van der Waals surface area contributed by atoms with Gasteiger partial charge in [0.2, 0.25) is 0 Å². The summed E-state index contributed by atoms with van der Waals surface area (Å²) in [6.07, 6.45) is 21.8. The lowest BCUT2D eigenvalue weighted by atomic mass is 9.63. The first kappa shape index (κ1) is 19.6. The normalized spacial score (nSPS) is 33.8. The molecule has 0 amide bonds. The van der Waals surface area contributed by atoms with Crippen LogP contribution in [-0.2, 0) is 0 Å². The SMILES string of the molecule is C=CCCC[C@]1(C#N)CC[C@@H](C2CCC(CCCCC)CC2)CC1. The zero-order valence-electron chi connectivity index (χ0n) is 16.1. The van der Waals surface area contributed by atoms with Crippen LogP contribution < -0.4 is 0 Å². The summed E-state index contributed by atoms with van der Waals surface area (Å²) in [4.78, 5) is 0. The Bertz CT molecular complexity index is 389. The highest BCUT2D eigenvalue weighted by Crippen LogP contribution is 2.47. The number of unbranched alkanes of at least 4 members (excludes halogenated alkanes) is 3. The second kappa shape index (κ2) is 10.3. The Balaban J connectivity index is 1.71. The molecule has 1 nitrogen and oxygen atoms in total. The summed E-state index contributed by atoms with van der Waals surface area (Å²) in [7, 11) is 0. The molecule has 0 aliphatic heterocycles. The molecule has 0 aromatic carbocycles. The van der Waals surface area contributed by atoms with Gasteiger partial charge in [0.25, 0.3) is 0 Å². The van der Waals surface area contributed by atoms with E-state index < -0.39 is 0 Å². The standard InChI is InChI=1S/C23H39N/c1-3-5-7-9-20-10-12-21(13-11-20)22-14-17-23(19-24,18-15-22)16-8-6-4-2/h4,20-22H,2-3,5-18H2,1H3/t20?,21?,22-,23+. The van der Waals surface area contributed by atoms with E-state index in [1.54, 1.807) is 0 Å². The topological polar surface area (TPSA) is 23.8 Å². The van der Waals surface area contributed by atoms with E-state index in [1.165, 1.54) is 64.2 Å². The molecule has 1 heteroatoms. The van der Waals surface area contributed by atoms with Crippen LogP contribution in [0.2, 0.25) is 0 Å². The highest BCUT2D eigenvalue weighted by molar-refractivity contribution is 5.02. The Kier molecular flexibility index (Phi) is 8.37. The van der Waals surface area contributed by atoms with Crippen molar-refractivity contribution in [1.82, 2.24) is 0 Å². The predicted molar refractivity (Wildman–Crippen MR) is 104 cm³/mol. The van der Waals surface area contributed by atoms with Gasteiger partial charge in [0, 0.05) is 0 Å². The number of rotatable bonds is 9. The van der Waals surface area contributed by atoms with Crippen molar-refractivity contribution in [1.29, 1.82) is 5.26 Å². The van der Waals surface area contributed by atoms with Crippen LogP contribution in [0.3, 0.4) is 0 Å². The average Bonchev–Trinajstić information content (AvgIpc) is 2.63. The highest BCUT2D eigenvalue weighted by Gasteiger charge is 2.38. The molecule has 2 rings (SSSR count). The zero-order chi connectivity index (χ0) is 17.3. The van der Waals surface area contributed by atoms with Crippen LogP contribution in [0.1, 0.15) is 103 Å². The summed E-state index contributed by atoms with van der Waals surface area (Å²) >= 11 is 0. The second-order valence-electron chi connectivity index (χ2n) is 8.69. The lowest BCUT2D eigenvalue weighted by Gasteiger charge is -2.41. The van der Waals surface area contributed by atoms with Gasteiger partial charge in [0.1, 0.15) is 0 Å². The maximum atomic E-state index is 9.70. The third-order valence-corrected chi connectivity index (χ3v) is 7.06. The van der Waals surface area contributed by atoms with E-state index in [4.69, 9.17) is 0 Å². The Morgan fingerprint density at radius 3 is 2.25 bits per heavy atom. The fourth-order valence-corrected chi connectivity index (χ4v) is 5.30. The van der Waals surface area contributed by atoms with Crippen molar-refractivity contribution in [2.24, 2.45) is 23.2 Å². The molecular weight excluding hydrogens is 290 g/mol. The maximum Gasteiger partial charge on any atom is 0.0689 e. The molecular formula is C23H39N. The molecule has 0 aromatic heterocycles. The third-order valence-electron chi connectivity index (χ3n) is 7.06. The first-order valence-electron chi connectivity index (χ1n) is 10.7. The van der Waals surface area contributed by atoms with E-state index in [0.29, 0.717) is 0 Å². The summed E-state index contributed by atoms with van der Waals surface area (Å²) in [6.45, 7) is 6.12. The van der Waals surface area contributed by atoms with Crippen molar-refractivity contribution in [2.75, 3.05) is 0 Å². The summed E-state index contributed by atoms with van der Waals surface area (Å²) in [5, 5.41) is 9.70. The molecule has 0 bridgehead atoms. The van der Waals surface area contributed by atoms with Gasteiger partial charge in [-0.1, -0.05) is 51.5 Å². The molecule has 0 aromatic rings. The molecule has 0 N–H and O–H groups in total. The van der Waals surface area contributed by atoms with E-state index >= 15 is 0 Å². The fourth-order valence-electron chi connectivity index (χ4n) is 5.30. The van der Waals surface area contributed by atoms with E-state index in [-0.39, 0.29) is 5.41 Å². The molecule has 0 radical (unpaired) electrons. The lowest BCUT2D eigenvalue weighted by Crippen LogP contribution is -2.31. The Labute approximate surface area is 150 Å². The van der Waals surface area contributed by atoms with E-state index in [9.17, 15) is 5.26 Å². The second-order valence-corrected chi connectivity index (χ2v) is 8.69. The van der Waals surface area contributed by atoms with E-state index in [2.05, 4.69) is 19.6 Å². The molecule has 24 heavy (non-hydrogen) atoms. The van der Waals surface area contributed by atoms with Gasteiger partial charge in [-0.05, 0) is 75.5 Å². The Hall–Kier alpha value is -0.770. The van der Waals surface area contributed by atoms with Crippen molar-refractivity contribution < 1.29 is 0 Å². The van der Waals surface area contributed by atoms with Gasteiger partial charge in [-0.2, -0.15) is 5.26 Å². The highest BCUT2D eigenvalue weighted by atomic mass is 14.4. The number of hydrogen-bond donors (Lipinski definition) is 0. The minimum Gasteiger partial charge on any atom is -0.198 e. The van der Waals surface area contributed by atoms with Gasteiger partial charge in [0.15, 0.2) is 0 Å². The van der Waals surface area contributed by atoms with Crippen molar-refractivity contribution >= 4 is 0 Å². The minimum atomic E-state index is -0.00311. The van der Waals surface area contributed by atoms with Gasteiger partial charge < -0.3 is 0 Å². The maximum absolute atomic E-state index is 9.70. The predicted octanol–water partition coefficient (Wildman–Crippen LogP) is 7.43. The van der Waals surface area contributed by atoms with Gasteiger partial charge in [0.05, 0.1) is 11.5 Å². The van der Waals surface area contributed by atoms with E-state index in [1.807, 2.05) is 6.08 Å². The van der Waals surface area contributed by atoms with Crippen LogP contribution in [0.25, 0.3) is 0 Å². The largest absolute Gasteiger partial charge is 0.198 e. The smallest absolute Gasteiger partial charge is 0.0689 e. The van der Waals surface area contributed by atoms with Crippen LogP contribution in [0, 0.1) is 34.5 Å². The number of allylic oxidation sites excluding steroid dienone is 1. The Morgan fingerprint density at radius 2 is 1.67 bits per heavy atom. The van der Waals surface area contributed by atoms with E-state index in [0.717, 1.165) is 49.9 Å². The average molecular weight is 330 g/mol. The molecule has 2 aliphatic carbocycles. The van der Waals surface area contributed by atoms with Crippen LogP contribution >= 0.6 is 0 Å². The number of nitriles is 1. The number of nitrogens with zero attached hydrogens (tertiary/aromatic N) is 1. The minimum absolute atomic E-state index is 0.00311. The van der Waals surface area contributed by atoms with Crippen LogP contribution in [0.4, 0.5) is 0 Å². The first-order valence-corrected chi connectivity index (χ1v) is 10.7. The van der Waals surface area contributed by atoms with Crippen LogP contribution in [0.5, 0.6) is 0 Å². The molecule has 2 saturated carbocycles. The molecule has 2 fully saturated rings. The quantitative estimate of drug-likeness (QED) is 0.319. The molecule has 136 valence electrons. The molecule has 0 unspecified atom stereocenters. The summed E-state index contributed by atoms with van der Waals surface area (Å²) in [5.74, 6) is 2.91. The lowest BCUT2D eigenvalue weighted by molar-refractivity contribution is 0.115. The molecule has 0 saturated heterocycles. The summed E-state index contributed by atoms with van der Waals surface area (Å²) in [5.41, 5.74) is -0.00311. The molecule has 2 aliphatic rings. The van der Waals surface area contributed by atoms with Gasteiger partial charge >= 0.3 is 0 Å². The fraction of sp³-hybridized carbons (Fsp3) is 0.870. The third kappa shape index (κ3) is 5.65. The van der Waals surface area contributed by atoms with Crippen molar-refractivity contribution in [2.45, 2.75) is 103 Å². The molecule has 0 atom stereocenters. The van der Waals surface area contributed by atoms with Crippen LogP contribution in [-0.4, -0.2) is 0 Å². The number of hydrogen-bond acceptors (Lipinski definition) is 1.